The largest absolute Gasteiger partial charge is 0.303 e. The van der Waals surface area contributed by atoms with Crippen LogP contribution in [0.15, 0.2) is 41.8 Å². The van der Waals surface area contributed by atoms with E-state index in [0.29, 0.717) is 12.8 Å². The topological polar surface area (TPSA) is 58.6 Å². The van der Waals surface area contributed by atoms with Crippen LogP contribution in [-0.4, -0.2) is 18.9 Å². The number of piperidine rings is 1. The van der Waals surface area contributed by atoms with Crippen molar-refractivity contribution in [3.8, 4) is 0 Å². The predicted octanol–water partition coefficient (Wildman–Crippen LogP) is 3.22. The molecule has 1 N–H and O–H groups in total. The predicted molar refractivity (Wildman–Crippen MR) is 93.6 cm³/mol. The molecule has 126 valence electrons. The summed E-state index contributed by atoms with van der Waals surface area (Å²) in [4.78, 5) is 32.7. The Morgan fingerprint density at radius 2 is 2.04 bits per heavy atom. The lowest BCUT2D eigenvalue weighted by Crippen LogP contribution is -2.48. The van der Waals surface area contributed by atoms with Crippen LogP contribution < -0.4 is 10.4 Å². The first-order valence-electron chi connectivity index (χ1n) is 7.87. The first kappa shape index (κ1) is 16.7. The minimum Gasteiger partial charge on any atom is -0.303 e. The quantitative estimate of drug-likeness (QED) is 0.867. The van der Waals surface area contributed by atoms with Crippen molar-refractivity contribution in [3.05, 3.63) is 52.2 Å². The molecule has 2 unspecified atom stereocenters. The van der Waals surface area contributed by atoms with E-state index in [4.69, 9.17) is 4.84 Å². The molecule has 2 aromatic rings. The van der Waals surface area contributed by atoms with Crippen LogP contribution in [0.4, 0.5) is 5.69 Å². The molecule has 1 aromatic heterocycles. The molecule has 1 aromatic carbocycles. The van der Waals surface area contributed by atoms with Gasteiger partial charge in [0, 0.05) is 17.0 Å². The molecule has 1 saturated heterocycles. The summed E-state index contributed by atoms with van der Waals surface area (Å²) in [6.45, 7) is 2.01. The van der Waals surface area contributed by atoms with Crippen molar-refractivity contribution < 1.29 is 14.4 Å². The van der Waals surface area contributed by atoms with Crippen molar-refractivity contribution in [2.75, 3.05) is 12.0 Å². The van der Waals surface area contributed by atoms with Crippen molar-refractivity contribution in [2.24, 2.45) is 5.92 Å². The number of benzene rings is 1. The smallest absolute Gasteiger partial charge is 0.249 e. The highest BCUT2D eigenvalue weighted by Gasteiger charge is 2.42. The van der Waals surface area contributed by atoms with Crippen molar-refractivity contribution >= 4 is 28.8 Å². The van der Waals surface area contributed by atoms with Gasteiger partial charge in [0.15, 0.2) is 0 Å². The van der Waals surface area contributed by atoms with E-state index in [2.05, 4.69) is 5.48 Å². The highest BCUT2D eigenvalue weighted by Crippen LogP contribution is 2.41. The van der Waals surface area contributed by atoms with Crippen molar-refractivity contribution in [3.63, 3.8) is 0 Å². The SMILES string of the molecule is CONC(=O)C1CCC(=O)N(c2ccc(C)cc2)C1c1cccs1. The summed E-state index contributed by atoms with van der Waals surface area (Å²) in [5.74, 6) is -0.498. The lowest BCUT2D eigenvalue weighted by molar-refractivity contribution is -0.138. The fraction of sp³-hybridized carbons (Fsp3) is 0.333. The van der Waals surface area contributed by atoms with Crippen LogP contribution in [0.1, 0.15) is 29.3 Å². The Hall–Kier alpha value is -2.18. The number of aryl methyl sites for hydroxylation is 1. The summed E-state index contributed by atoms with van der Waals surface area (Å²) in [7, 11) is 1.42. The molecular weight excluding hydrogens is 324 g/mol. The number of carbonyl (C=O) groups is 2. The molecule has 1 aliphatic rings. The van der Waals surface area contributed by atoms with Gasteiger partial charge in [-0.2, -0.15) is 0 Å². The summed E-state index contributed by atoms with van der Waals surface area (Å²) < 4.78 is 0. The van der Waals surface area contributed by atoms with Crippen LogP contribution in [0.25, 0.3) is 0 Å². The second-order valence-electron chi connectivity index (χ2n) is 5.88. The van der Waals surface area contributed by atoms with Crippen molar-refractivity contribution in [1.82, 2.24) is 5.48 Å². The molecule has 2 heterocycles. The average Bonchev–Trinajstić information content (AvgIpc) is 3.10. The number of hydrogen-bond donors (Lipinski definition) is 1. The molecule has 5 nitrogen and oxygen atoms in total. The Morgan fingerprint density at radius 1 is 1.29 bits per heavy atom. The molecule has 2 atom stereocenters. The van der Waals surface area contributed by atoms with Crippen LogP contribution in [0, 0.1) is 12.8 Å². The molecule has 1 fully saturated rings. The van der Waals surface area contributed by atoms with E-state index in [-0.39, 0.29) is 23.8 Å². The first-order valence-corrected chi connectivity index (χ1v) is 8.74. The second-order valence-corrected chi connectivity index (χ2v) is 6.85. The van der Waals surface area contributed by atoms with Crippen LogP contribution >= 0.6 is 11.3 Å². The van der Waals surface area contributed by atoms with E-state index in [1.165, 1.54) is 7.11 Å². The maximum Gasteiger partial charge on any atom is 0.249 e. The van der Waals surface area contributed by atoms with E-state index in [9.17, 15) is 9.59 Å². The molecule has 6 heteroatoms. The van der Waals surface area contributed by atoms with Crippen LogP contribution in [0.2, 0.25) is 0 Å². The highest BCUT2D eigenvalue weighted by molar-refractivity contribution is 7.10. The first-order chi connectivity index (χ1) is 11.6. The summed E-state index contributed by atoms with van der Waals surface area (Å²) >= 11 is 1.56. The average molecular weight is 344 g/mol. The Bertz CT molecular complexity index is 712. The van der Waals surface area contributed by atoms with Gasteiger partial charge >= 0.3 is 0 Å². The molecule has 0 spiro atoms. The molecule has 0 aliphatic carbocycles. The maximum absolute atomic E-state index is 12.7. The Morgan fingerprint density at radius 3 is 2.67 bits per heavy atom. The third kappa shape index (κ3) is 3.20. The highest BCUT2D eigenvalue weighted by atomic mass is 32.1. The molecule has 0 radical (unpaired) electrons. The molecule has 0 saturated carbocycles. The third-order valence-electron chi connectivity index (χ3n) is 4.28. The number of nitrogens with one attached hydrogen (secondary N) is 1. The monoisotopic (exact) mass is 344 g/mol. The molecular formula is C18H20N2O3S. The van der Waals surface area contributed by atoms with E-state index in [0.717, 1.165) is 16.1 Å². The zero-order chi connectivity index (χ0) is 17.1. The van der Waals surface area contributed by atoms with E-state index >= 15 is 0 Å². The van der Waals surface area contributed by atoms with Gasteiger partial charge in [0.2, 0.25) is 11.8 Å². The number of amides is 2. The summed E-state index contributed by atoms with van der Waals surface area (Å²) in [5, 5.41) is 1.97. The van der Waals surface area contributed by atoms with Gasteiger partial charge in [-0.25, -0.2) is 5.48 Å². The fourth-order valence-electron chi connectivity index (χ4n) is 3.14. The number of hydrogen-bond acceptors (Lipinski definition) is 4. The number of anilines is 1. The standard InChI is InChI=1S/C18H20N2O3S/c1-12-5-7-13(8-6-12)20-16(21)10-9-14(18(22)19-23-2)17(20)15-4-3-11-24-15/h3-8,11,14,17H,9-10H2,1-2H3,(H,19,22). The zero-order valence-corrected chi connectivity index (χ0v) is 14.5. The lowest BCUT2D eigenvalue weighted by atomic mass is 9.86. The molecule has 3 rings (SSSR count). The Labute approximate surface area is 145 Å². The fourth-order valence-corrected chi connectivity index (χ4v) is 4.02. The van der Waals surface area contributed by atoms with Gasteiger partial charge in [0.1, 0.15) is 0 Å². The van der Waals surface area contributed by atoms with Crippen molar-refractivity contribution in [1.29, 1.82) is 0 Å². The summed E-state index contributed by atoms with van der Waals surface area (Å²) in [5.41, 5.74) is 4.38. The van der Waals surface area contributed by atoms with E-state index in [1.54, 1.807) is 16.2 Å². The molecule has 1 aliphatic heterocycles. The zero-order valence-electron chi connectivity index (χ0n) is 13.7. The van der Waals surface area contributed by atoms with Crippen LogP contribution in [-0.2, 0) is 14.4 Å². The Balaban J connectivity index is 2.03. The van der Waals surface area contributed by atoms with Gasteiger partial charge in [-0.15, -0.1) is 11.3 Å². The minimum absolute atomic E-state index is 0.0405. The van der Waals surface area contributed by atoms with Crippen LogP contribution in [0.5, 0.6) is 0 Å². The number of carbonyl (C=O) groups excluding carboxylic acids is 2. The van der Waals surface area contributed by atoms with Gasteiger partial charge in [-0.05, 0) is 36.9 Å². The number of thiophene rings is 1. The number of rotatable bonds is 4. The van der Waals surface area contributed by atoms with Crippen LogP contribution in [0.3, 0.4) is 0 Å². The molecule has 2 amide bonds. The van der Waals surface area contributed by atoms with Gasteiger partial charge in [0.05, 0.1) is 19.1 Å². The van der Waals surface area contributed by atoms with E-state index < -0.39 is 0 Å². The number of hydroxylamine groups is 1. The van der Waals surface area contributed by atoms with Gasteiger partial charge in [-0.1, -0.05) is 23.8 Å². The van der Waals surface area contributed by atoms with Crippen molar-refractivity contribution in [2.45, 2.75) is 25.8 Å². The minimum atomic E-state index is -0.345. The normalized spacial score (nSPS) is 20.9. The molecule has 24 heavy (non-hydrogen) atoms. The maximum atomic E-state index is 12.7. The van der Waals surface area contributed by atoms with Gasteiger partial charge in [-0.3, -0.25) is 14.4 Å². The number of nitrogens with zero attached hydrogens (tertiary/aromatic N) is 1. The summed E-state index contributed by atoms with van der Waals surface area (Å²) in [6.07, 6.45) is 0.858. The lowest BCUT2D eigenvalue weighted by Gasteiger charge is -2.40. The van der Waals surface area contributed by atoms with Gasteiger partial charge < -0.3 is 4.90 Å². The Kier molecular flexibility index (Phi) is 4.97. The third-order valence-corrected chi connectivity index (χ3v) is 5.23. The second kappa shape index (κ2) is 7.15. The van der Waals surface area contributed by atoms with Gasteiger partial charge in [0.25, 0.3) is 0 Å². The summed E-state index contributed by atoms with van der Waals surface area (Å²) in [6, 6.07) is 11.4. The molecule has 0 bridgehead atoms. The van der Waals surface area contributed by atoms with E-state index in [1.807, 2.05) is 48.7 Å².